The highest BCUT2D eigenvalue weighted by Crippen LogP contribution is 2.24. The van der Waals surface area contributed by atoms with Crippen LogP contribution in [0.4, 0.5) is 0 Å². The molecule has 0 saturated heterocycles. The average Bonchev–Trinajstić information content (AvgIpc) is 2.67. The minimum absolute atomic E-state index is 0.603. The van der Waals surface area contributed by atoms with Crippen molar-refractivity contribution >= 4 is 27.3 Å². The quantitative estimate of drug-likeness (QED) is 0.935. The van der Waals surface area contributed by atoms with Gasteiger partial charge in [-0.05, 0) is 28.5 Å². The first kappa shape index (κ1) is 10.7. The number of hydrogen-bond donors (Lipinski definition) is 1. The van der Waals surface area contributed by atoms with Gasteiger partial charge in [-0.15, -0.1) is 10.2 Å². The number of rotatable bonds is 3. The summed E-state index contributed by atoms with van der Waals surface area (Å²) in [7, 11) is 0. The third-order valence-corrected chi connectivity index (χ3v) is 3.24. The van der Waals surface area contributed by atoms with Gasteiger partial charge >= 0.3 is 0 Å². The smallest absolute Gasteiger partial charge is 0.149 e. The van der Waals surface area contributed by atoms with Gasteiger partial charge in [0, 0.05) is 28.9 Å². The van der Waals surface area contributed by atoms with Crippen molar-refractivity contribution in [3.05, 3.63) is 27.9 Å². The molecule has 0 aliphatic rings. The molecule has 0 aliphatic carbocycles. The summed E-state index contributed by atoms with van der Waals surface area (Å²) < 4.78 is 0.940. The molecular formula is C9H9BrN4S. The van der Waals surface area contributed by atoms with Crippen LogP contribution in [-0.4, -0.2) is 21.7 Å². The second-order valence-electron chi connectivity index (χ2n) is 2.93. The molecule has 2 aromatic rings. The molecule has 0 spiro atoms. The predicted molar refractivity (Wildman–Crippen MR) is 63.6 cm³/mol. The Morgan fingerprint density at radius 1 is 1.33 bits per heavy atom. The minimum Gasteiger partial charge on any atom is -0.330 e. The Kier molecular flexibility index (Phi) is 3.40. The van der Waals surface area contributed by atoms with E-state index in [9.17, 15) is 0 Å². The standard InChI is InChI=1S/C9H9BrN4S/c10-7-3-6(4-12-5-7)9-14-13-8(15-9)1-2-11/h3-5H,1-2,11H2. The molecule has 6 heteroatoms. The molecule has 0 bridgehead atoms. The summed E-state index contributed by atoms with van der Waals surface area (Å²) in [6.07, 6.45) is 4.29. The second kappa shape index (κ2) is 4.78. The Balaban J connectivity index is 2.29. The fraction of sp³-hybridized carbons (Fsp3) is 0.222. The van der Waals surface area contributed by atoms with E-state index >= 15 is 0 Å². The van der Waals surface area contributed by atoms with Crippen LogP contribution in [0.5, 0.6) is 0 Å². The highest BCUT2D eigenvalue weighted by atomic mass is 79.9. The molecule has 2 aromatic heterocycles. The Morgan fingerprint density at radius 3 is 2.93 bits per heavy atom. The SMILES string of the molecule is NCCc1nnc(-c2cncc(Br)c2)s1. The van der Waals surface area contributed by atoms with Crippen molar-refractivity contribution in [1.29, 1.82) is 0 Å². The first-order chi connectivity index (χ1) is 7.29. The van der Waals surface area contributed by atoms with Crippen molar-refractivity contribution < 1.29 is 0 Å². The Labute approximate surface area is 99.7 Å². The van der Waals surface area contributed by atoms with Gasteiger partial charge in [-0.1, -0.05) is 11.3 Å². The fourth-order valence-corrected chi connectivity index (χ4v) is 2.32. The van der Waals surface area contributed by atoms with E-state index in [1.807, 2.05) is 6.07 Å². The van der Waals surface area contributed by atoms with Gasteiger partial charge in [0.25, 0.3) is 0 Å². The van der Waals surface area contributed by atoms with E-state index in [1.165, 1.54) is 0 Å². The molecule has 0 atom stereocenters. The van der Waals surface area contributed by atoms with Gasteiger partial charge in [-0.3, -0.25) is 4.98 Å². The third kappa shape index (κ3) is 2.58. The summed E-state index contributed by atoms with van der Waals surface area (Å²) >= 11 is 4.93. The van der Waals surface area contributed by atoms with Crippen LogP contribution in [0.1, 0.15) is 5.01 Å². The van der Waals surface area contributed by atoms with Crippen molar-refractivity contribution in [3.63, 3.8) is 0 Å². The van der Waals surface area contributed by atoms with Crippen molar-refractivity contribution in [2.45, 2.75) is 6.42 Å². The van der Waals surface area contributed by atoms with E-state index in [0.29, 0.717) is 6.54 Å². The fourth-order valence-electron chi connectivity index (χ4n) is 1.12. The molecule has 78 valence electrons. The highest BCUT2D eigenvalue weighted by molar-refractivity contribution is 9.10. The van der Waals surface area contributed by atoms with Crippen LogP contribution >= 0.6 is 27.3 Å². The molecule has 0 amide bonds. The van der Waals surface area contributed by atoms with E-state index in [4.69, 9.17) is 5.73 Å². The van der Waals surface area contributed by atoms with Crippen LogP contribution < -0.4 is 5.73 Å². The number of hydrogen-bond acceptors (Lipinski definition) is 5. The van der Waals surface area contributed by atoms with Gasteiger partial charge in [0.1, 0.15) is 10.0 Å². The number of halogens is 1. The lowest BCUT2D eigenvalue weighted by Crippen LogP contribution is -2.01. The number of nitrogens with zero attached hydrogens (tertiary/aromatic N) is 3. The van der Waals surface area contributed by atoms with Crippen LogP contribution in [-0.2, 0) is 6.42 Å². The summed E-state index contributed by atoms with van der Waals surface area (Å²) in [6.45, 7) is 0.603. The zero-order valence-electron chi connectivity index (χ0n) is 7.85. The van der Waals surface area contributed by atoms with Crippen LogP contribution in [0.25, 0.3) is 10.6 Å². The van der Waals surface area contributed by atoms with Crippen LogP contribution in [0, 0.1) is 0 Å². The summed E-state index contributed by atoms with van der Waals surface area (Å²) in [5, 5.41) is 10.0. The van der Waals surface area contributed by atoms with E-state index in [2.05, 4.69) is 31.1 Å². The minimum atomic E-state index is 0.603. The van der Waals surface area contributed by atoms with Crippen LogP contribution in [0.2, 0.25) is 0 Å². The maximum Gasteiger partial charge on any atom is 0.149 e. The van der Waals surface area contributed by atoms with Crippen LogP contribution in [0.15, 0.2) is 22.9 Å². The second-order valence-corrected chi connectivity index (χ2v) is 4.91. The average molecular weight is 285 g/mol. The molecule has 0 aromatic carbocycles. The maximum atomic E-state index is 5.45. The van der Waals surface area contributed by atoms with Gasteiger partial charge in [-0.2, -0.15) is 0 Å². The van der Waals surface area contributed by atoms with Gasteiger partial charge in [0.05, 0.1) is 0 Å². The summed E-state index contributed by atoms with van der Waals surface area (Å²) in [5.74, 6) is 0. The lowest BCUT2D eigenvalue weighted by atomic mass is 10.3. The molecule has 4 nitrogen and oxygen atoms in total. The lowest BCUT2D eigenvalue weighted by molar-refractivity contribution is 0.913. The summed E-state index contributed by atoms with van der Waals surface area (Å²) in [4.78, 5) is 4.08. The molecule has 0 fully saturated rings. The molecule has 0 unspecified atom stereocenters. The number of aromatic nitrogens is 3. The molecule has 0 radical (unpaired) electrons. The summed E-state index contributed by atoms with van der Waals surface area (Å²) in [5.41, 5.74) is 6.43. The summed E-state index contributed by atoms with van der Waals surface area (Å²) in [6, 6.07) is 1.97. The molecule has 0 aliphatic heterocycles. The zero-order valence-corrected chi connectivity index (χ0v) is 10.3. The van der Waals surface area contributed by atoms with E-state index < -0.39 is 0 Å². The lowest BCUT2D eigenvalue weighted by Gasteiger charge is -1.94. The maximum absolute atomic E-state index is 5.45. The normalized spacial score (nSPS) is 10.5. The third-order valence-electron chi connectivity index (χ3n) is 1.78. The molecular weight excluding hydrogens is 276 g/mol. The Bertz CT molecular complexity index is 457. The van der Waals surface area contributed by atoms with Crippen molar-refractivity contribution in [1.82, 2.24) is 15.2 Å². The zero-order chi connectivity index (χ0) is 10.7. The molecule has 0 saturated carbocycles. The Hall–Kier alpha value is -0.850. The monoisotopic (exact) mass is 284 g/mol. The Morgan fingerprint density at radius 2 is 2.20 bits per heavy atom. The van der Waals surface area contributed by atoms with E-state index in [0.717, 1.165) is 26.5 Å². The predicted octanol–water partition coefficient (Wildman–Crippen LogP) is 1.86. The van der Waals surface area contributed by atoms with E-state index in [-0.39, 0.29) is 0 Å². The highest BCUT2D eigenvalue weighted by Gasteiger charge is 2.06. The first-order valence-electron chi connectivity index (χ1n) is 4.43. The van der Waals surface area contributed by atoms with Crippen molar-refractivity contribution in [2.24, 2.45) is 5.73 Å². The van der Waals surface area contributed by atoms with Gasteiger partial charge in [0.2, 0.25) is 0 Å². The molecule has 15 heavy (non-hydrogen) atoms. The van der Waals surface area contributed by atoms with Gasteiger partial charge in [-0.25, -0.2) is 0 Å². The largest absolute Gasteiger partial charge is 0.330 e. The number of nitrogens with two attached hydrogens (primary N) is 1. The van der Waals surface area contributed by atoms with Crippen LogP contribution in [0.3, 0.4) is 0 Å². The number of pyridine rings is 1. The molecule has 2 heterocycles. The topological polar surface area (TPSA) is 64.7 Å². The first-order valence-corrected chi connectivity index (χ1v) is 6.04. The van der Waals surface area contributed by atoms with Crippen molar-refractivity contribution in [2.75, 3.05) is 6.54 Å². The molecule has 2 N–H and O–H groups in total. The van der Waals surface area contributed by atoms with Gasteiger partial charge in [0.15, 0.2) is 0 Å². The van der Waals surface area contributed by atoms with E-state index in [1.54, 1.807) is 23.7 Å². The van der Waals surface area contributed by atoms with Gasteiger partial charge < -0.3 is 5.73 Å². The van der Waals surface area contributed by atoms with Crippen molar-refractivity contribution in [3.8, 4) is 10.6 Å². The molecule has 2 rings (SSSR count).